The number of hydrogen-bond donors (Lipinski definition) is 1. The highest BCUT2D eigenvalue weighted by molar-refractivity contribution is 5.74. The molecular formula is C15H28O4. The molecule has 0 spiro atoms. The molecule has 0 aromatic rings. The number of carboxylic acid groups (broad SMARTS) is 1. The van der Waals surface area contributed by atoms with Gasteiger partial charge in [0.15, 0.2) is 0 Å². The molecule has 4 heteroatoms. The van der Waals surface area contributed by atoms with Crippen LogP contribution in [0.15, 0.2) is 0 Å². The SMILES string of the molecule is CCCC1CCC(CCOCCOC)(C(=O)O)CC1. The number of hydrogen-bond acceptors (Lipinski definition) is 3. The van der Waals surface area contributed by atoms with Crippen molar-refractivity contribution in [2.75, 3.05) is 26.9 Å². The van der Waals surface area contributed by atoms with Crippen LogP contribution in [0.25, 0.3) is 0 Å². The van der Waals surface area contributed by atoms with Crippen molar-refractivity contribution in [1.29, 1.82) is 0 Å². The summed E-state index contributed by atoms with van der Waals surface area (Å²) < 4.78 is 10.3. The van der Waals surface area contributed by atoms with Gasteiger partial charge in [-0.25, -0.2) is 0 Å². The Morgan fingerprint density at radius 3 is 2.47 bits per heavy atom. The summed E-state index contributed by atoms with van der Waals surface area (Å²) in [6, 6.07) is 0. The molecule has 0 aromatic heterocycles. The fourth-order valence-corrected chi connectivity index (χ4v) is 3.01. The second-order valence-corrected chi connectivity index (χ2v) is 5.67. The van der Waals surface area contributed by atoms with Crippen LogP contribution in [0.1, 0.15) is 51.9 Å². The predicted molar refractivity (Wildman–Crippen MR) is 74.2 cm³/mol. The summed E-state index contributed by atoms with van der Waals surface area (Å²) in [7, 11) is 1.64. The van der Waals surface area contributed by atoms with Crippen molar-refractivity contribution in [2.24, 2.45) is 11.3 Å². The molecule has 0 unspecified atom stereocenters. The zero-order valence-corrected chi connectivity index (χ0v) is 12.3. The third kappa shape index (κ3) is 5.11. The van der Waals surface area contributed by atoms with Crippen molar-refractivity contribution in [3.05, 3.63) is 0 Å². The standard InChI is InChI=1S/C15H28O4/c1-3-4-13-5-7-15(8-6-13,14(16)17)9-10-19-12-11-18-2/h13H,3-12H2,1-2H3,(H,16,17). The van der Waals surface area contributed by atoms with E-state index in [0.717, 1.165) is 31.6 Å². The van der Waals surface area contributed by atoms with Gasteiger partial charge in [-0.05, 0) is 38.0 Å². The first-order chi connectivity index (χ1) is 9.14. The lowest BCUT2D eigenvalue weighted by atomic mass is 9.68. The van der Waals surface area contributed by atoms with Gasteiger partial charge in [-0.15, -0.1) is 0 Å². The molecule has 1 fully saturated rings. The highest BCUT2D eigenvalue weighted by atomic mass is 16.5. The number of methoxy groups -OCH3 is 1. The Kier molecular flexibility index (Phi) is 7.39. The van der Waals surface area contributed by atoms with Gasteiger partial charge in [0, 0.05) is 13.7 Å². The Bertz CT molecular complexity index is 257. The average Bonchev–Trinajstić information content (AvgIpc) is 2.40. The number of rotatable bonds is 9. The molecule has 1 aliphatic rings. The Balaban J connectivity index is 2.37. The molecular weight excluding hydrogens is 244 g/mol. The minimum atomic E-state index is -0.641. The highest BCUT2D eigenvalue weighted by Gasteiger charge is 2.41. The summed E-state index contributed by atoms with van der Waals surface area (Å²) in [6.45, 7) is 3.83. The van der Waals surface area contributed by atoms with Gasteiger partial charge in [-0.1, -0.05) is 19.8 Å². The Morgan fingerprint density at radius 2 is 1.95 bits per heavy atom. The molecule has 0 radical (unpaired) electrons. The number of carboxylic acids is 1. The van der Waals surface area contributed by atoms with Gasteiger partial charge >= 0.3 is 5.97 Å². The monoisotopic (exact) mass is 272 g/mol. The largest absolute Gasteiger partial charge is 0.481 e. The molecule has 112 valence electrons. The van der Waals surface area contributed by atoms with E-state index in [2.05, 4.69) is 6.92 Å². The molecule has 0 atom stereocenters. The Morgan fingerprint density at radius 1 is 1.26 bits per heavy atom. The van der Waals surface area contributed by atoms with Crippen molar-refractivity contribution >= 4 is 5.97 Å². The van der Waals surface area contributed by atoms with Crippen LogP contribution in [-0.4, -0.2) is 38.0 Å². The number of aliphatic carboxylic acids is 1. The Labute approximate surface area is 116 Å². The molecule has 1 aliphatic carbocycles. The molecule has 1 rings (SSSR count). The van der Waals surface area contributed by atoms with Crippen molar-refractivity contribution in [1.82, 2.24) is 0 Å². The first-order valence-corrected chi connectivity index (χ1v) is 7.44. The normalized spacial score (nSPS) is 27.4. The topological polar surface area (TPSA) is 55.8 Å². The molecule has 0 amide bonds. The van der Waals surface area contributed by atoms with E-state index in [1.165, 1.54) is 12.8 Å². The van der Waals surface area contributed by atoms with E-state index in [1.807, 2.05) is 0 Å². The average molecular weight is 272 g/mol. The first-order valence-electron chi connectivity index (χ1n) is 7.44. The highest BCUT2D eigenvalue weighted by Crippen LogP contribution is 2.43. The maximum Gasteiger partial charge on any atom is 0.309 e. The third-order valence-electron chi connectivity index (χ3n) is 4.37. The lowest BCUT2D eigenvalue weighted by Crippen LogP contribution is -2.36. The van der Waals surface area contributed by atoms with Gasteiger partial charge in [0.2, 0.25) is 0 Å². The fourth-order valence-electron chi connectivity index (χ4n) is 3.01. The molecule has 1 saturated carbocycles. The van der Waals surface area contributed by atoms with Crippen LogP contribution < -0.4 is 0 Å². The van der Waals surface area contributed by atoms with Gasteiger partial charge in [-0.2, -0.15) is 0 Å². The van der Waals surface area contributed by atoms with E-state index in [1.54, 1.807) is 7.11 Å². The van der Waals surface area contributed by atoms with Crippen molar-refractivity contribution < 1.29 is 19.4 Å². The second kappa shape index (κ2) is 8.54. The van der Waals surface area contributed by atoms with E-state index < -0.39 is 11.4 Å². The minimum Gasteiger partial charge on any atom is -0.481 e. The van der Waals surface area contributed by atoms with Gasteiger partial charge in [-0.3, -0.25) is 4.79 Å². The zero-order valence-electron chi connectivity index (χ0n) is 12.3. The molecule has 4 nitrogen and oxygen atoms in total. The van der Waals surface area contributed by atoms with Gasteiger partial charge < -0.3 is 14.6 Å². The van der Waals surface area contributed by atoms with E-state index in [9.17, 15) is 9.90 Å². The summed E-state index contributed by atoms with van der Waals surface area (Å²) in [5.41, 5.74) is -0.544. The Hall–Kier alpha value is -0.610. The second-order valence-electron chi connectivity index (χ2n) is 5.67. The predicted octanol–water partition coefficient (Wildman–Crippen LogP) is 3.10. The number of carbonyl (C=O) groups is 1. The van der Waals surface area contributed by atoms with Crippen molar-refractivity contribution in [2.45, 2.75) is 51.9 Å². The third-order valence-corrected chi connectivity index (χ3v) is 4.37. The van der Waals surface area contributed by atoms with Crippen LogP contribution in [0, 0.1) is 11.3 Å². The van der Waals surface area contributed by atoms with Crippen LogP contribution >= 0.6 is 0 Å². The van der Waals surface area contributed by atoms with E-state index in [4.69, 9.17) is 9.47 Å². The maximum atomic E-state index is 11.6. The fraction of sp³-hybridized carbons (Fsp3) is 0.933. The molecule has 0 aliphatic heterocycles. The van der Waals surface area contributed by atoms with Crippen LogP contribution in [0.5, 0.6) is 0 Å². The lowest BCUT2D eigenvalue weighted by molar-refractivity contribution is -0.153. The molecule has 0 heterocycles. The molecule has 19 heavy (non-hydrogen) atoms. The smallest absolute Gasteiger partial charge is 0.309 e. The van der Waals surface area contributed by atoms with Gasteiger partial charge in [0.05, 0.1) is 18.6 Å². The molecule has 0 aromatic carbocycles. The summed E-state index contributed by atoms with van der Waals surface area (Å²) in [5.74, 6) is 0.0877. The minimum absolute atomic E-state index is 0.522. The van der Waals surface area contributed by atoms with E-state index >= 15 is 0 Å². The lowest BCUT2D eigenvalue weighted by Gasteiger charge is -2.36. The first kappa shape index (κ1) is 16.4. The summed E-state index contributed by atoms with van der Waals surface area (Å²) in [5, 5.41) is 9.53. The zero-order chi connectivity index (χ0) is 14.1. The number of ether oxygens (including phenoxy) is 2. The molecule has 0 bridgehead atoms. The molecule has 1 N–H and O–H groups in total. The maximum absolute atomic E-state index is 11.6. The summed E-state index contributed by atoms with van der Waals surface area (Å²) in [4.78, 5) is 11.6. The van der Waals surface area contributed by atoms with Crippen LogP contribution in [0.3, 0.4) is 0 Å². The van der Waals surface area contributed by atoms with Crippen molar-refractivity contribution in [3.8, 4) is 0 Å². The van der Waals surface area contributed by atoms with E-state index in [-0.39, 0.29) is 0 Å². The van der Waals surface area contributed by atoms with Crippen LogP contribution in [0.4, 0.5) is 0 Å². The van der Waals surface area contributed by atoms with Crippen molar-refractivity contribution in [3.63, 3.8) is 0 Å². The summed E-state index contributed by atoms with van der Waals surface area (Å²) in [6.07, 6.45) is 6.79. The summed E-state index contributed by atoms with van der Waals surface area (Å²) >= 11 is 0. The van der Waals surface area contributed by atoms with Gasteiger partial charge in [0.25, 0.3) is 0 Å². The molecule has 0 saturated heterocycles. The van der Waals surface area contributed by atoms with Crippen LogP contribution in [0.2, 0.25) is 0 Å². The quantitative estimate of drug-likeness (QED) is 0.655. The van der Waals surface area contributed by atoms with Gasteiger partial charge in [0.1, 0.15) is 0 Å². The van der Waals surface area contributed by atoms with E-state index in [0.29, 0.717) is 26.2 Å². The van der Waals surface area contributed by atoms with Crippen LogP contribution in [-0.2, 0) is 14.3 Å².